The highest BCUT2D eigenvalue weighted by Crippen LogP contribution is 2.21. The first kappa shape index (κ1) is 13.3. The molecule has 2 N–H and O–H groups in total. The van der Waals surface area contributed by atoms with Crippen LogP contribution in [0.3, 0.4) is 0 Å². The number of carbonyl (C=O) groups is 1. The third-order valence-corrected chi connectivity index (χ3v) is 3.48. The van der Waals surface area contributed by atoms with Crippen LogP contribution in [0.1, 0.15) is 18.4 Å². The van der Waals surface area contributed by atoms with Crippen LogP contribution in [-0.2, 0) is 20.9 Å². The summed E-state index contributed by atoms with van der Waals surface area (Å²) in [7, 11) is 0. The Morgan fingerprint density at radius 1 is 1.39 bits per heavy atom. The molecule has 0 aromatic heterocycles. The number of hydrogen-bond acceptors (Lipinski definition) is 4. The fraction of sp³-hybridized carbons (Fsp3) is 0.462. The van der Waals surface area contributed by atoms with Gasteiger partial charge in [-0.3, -0.25) is 4.79 Å². The molecular weight excluding hydrogens is 254 g/mol. The number of nitrogens with two attached hydrogens (primary N) is 1. The molecule has 1 fully saturated rings. The lowest BCUT2D eigenvalue weighted by atomic mass is 9.92. The van der Waals surface area contributed by atoms with Gasteiger partial charge in [-0.05, 0) is 18.9 Å². The molecule has 1 aliphatic rings. The van der Waals surface area contributed by atoms with Crippen molar-refractivity contribution in [3.63, 3.8) is 0 Å². The number of halogens is 1. The van der Waals surface area contributed by atoms with Crippen LogP contribution in [0.4, 0.5) is 0 Å². The molecule has 1 aliphatic heterocycles. The van der Waals surface area contributed by atoms with E-state index in [2.05, 4.69) is 0 Å². The van der Waals surface area contributed by atoms with E-state index in [1.54, 1.807) is 6.07 Å². The van der Waals surface area contributed by atoms with Gasteiger partial charge in [-0.2, -0.15) is 0 Å². The van der Waals surface area contributed by atoms with Gasteiger partial charge in [0, 0.05) is 23.8 Å². The molecule has 0 saturated carbocycles. The number of rotatable bonds is 3. The zero-order valence-corrected chi connectivity index (χ0v) is 10.8. The lowest BCUT2D eigenvalue weighted by Gasteiger charge is -2.30. The van der Waals surface area contributed by atoms with Gasteiger partial charge in [0.25, 0.3) is 0 Å². The van der Waals surface area contributed by atoms with E-state index in [-0.39, 0.29) is 12.6 Å². The molecule has 0 unspecified atom stereocenters. The Morgan fingerprint density at radius 3 is 2.72 bits per heavy atom. The number of ether oxygens (including phenoxy) is 2. The Morgan fingerprint density at radius 2 is 2.06 bits per heavy atom. The summed E-state index contributed by atoms with van der Waals surface area (Å²) in [6.45, 7) is 1.15. The highest BCUT2D eigenvalue weighted by Gasteiger charge is 2.37. The van der Waals surface area contributed by atoms with Crippen LogP contribution in [0.5, 0.6) is 0 Å². The van der Waals surface area contributed by atoms with Crippen LogP contribution < -0.4 is 5.73 Å². The second-order valence-corrected chi connectivity index (χ2v) is 4.84. The molecule has 2 rings (SSSR count). The summed E-state index contributed by atoms with van der Waals surface area (Å²) in [6, 6.07) is 7.26. The second-order valence-electron chi connectivity index (χ2n) is 4.44. The van der Waals surface area contributed by atoms with Crippen molar-refractivity contribution in [2.45, 2.75) is 25.0 Å². The second kappa shape index (κ2) is 5.69. The molecule has 1 aromatic carbocycles. The third kappa shape index (κ3) is 3.02. The van der Waals surface area contributed by atoms with Crippen molar-refractivity contribution in [3.8, 4) is 0 Å². The van der Waals surface area contributed by atoms with E-state index >= 15 is 0 Å². The van der Waals surface area contributed by atoms with Crippen LogP contribution >= 0.6 is 11.6 Å². The largest absolute Gasteiger partial charge is 0.459 e. The fourth-order valence-electron chi connectivity index (χ4n) is 1.84. The topological polar surface area (TPSA) is 61.6 Å². The normalized spacial score (nSPS) is 18.3. The predicted molar refractivity (Wildman–Crippen MR) is 68.2 cm³/mol. The molecule has 98 valence electrons. The summed E-state index contributed by atoms with van der Waals surface area (Å²) in [4.78, 5) is 12.0. The molecule has 0 bridgehead atoms. The maximum atomic E-state index is 12.0. The molecule has 0 atom stereocenters. The van der Waals surface area contributed by atoms with Gasteiger partial charge >= 0.3 is 5.97 Å². The zero-order valence-electron chi connectivity index (χ0n) is 10.0. The molecule has 1 saturated heterocycles. The Labute approximate surface area is 111 Å². The maximum Gasteiger partial charge on any atom is 0.326 e. The molecule has 1 heterocycles. The minimum atomic E-state index is -0.917. The molecule has 5 heteroatoms. The SMILES string of the molecule is NC1(C(=O)OCc2ccccc2Cl)CCOCC1. The van der Waals surface area contributed by atoms with Gasteiger partial charge in [0.1, 0.15) is 12.1 Å². The summed E-state index contributed by atoms with van der Waals surface area (Å²) in [5, 5.41) is 0.586. The van der Waals surface area contributed by atoms with Crippen LogP contribution in [0, 0.1) is 0 Å². The van der Waals surface area contributed by atoms with Crippen molar-refractivity contribution in [1.82, 2.24) is 0 Å². The van der Waals surface area contributed by atoms with Gasteiger partial charge in [-0.1, -0.05) is 29.8 Å². The average molecular weight is 270 g/mol. The summed E-state index contributed by atoms with van der Waals surface area (Å²) in [5.74, 6) is -0.384. The first-order chi connectivity index (χ1) is 8.62. The minimum absolute atomic E-state index is 0.151. The number of carbonyl (C=O) groups excluding carboxylic acids is 1. The quantitative estimate of drug-likeness (QED) is 0.852. The van der Waals surface area contributed by atoms with E-state index in [1.165, 1.54) is 0 Å². The van der Waals surface area contributed by atoms with Gasteiger partial charge in [0.2, 0.25) is 0 Å². The molecule has 18 heavy (non-hydrogen) atoms. The standard InChI is InChI=1S/C13H16ClNO3/c14-11-4-2-1-3-10(11)9-18-12(16)13(15)5-7-17-8-6-13/h1-4H,5-9,15H2. The highest BCUT2D eigenvalue weighted by atomic mass is 35.5. The smallest absolute Gasteiger partial charge is 0.326 e. The zero-order chi connectivity index (χ0) is 13.0. The molecule has 1 aromatic rings. The van der Waals surface area contributed by atoms with Gasteiger partial charge in [0.15, 0.2) is 0 Å². The van der Waals surface area contributed by atoms with Gasteiger partial charge < -0.3 is 15.2 Å². The van der Waals surface area contributed by atoms with E-state index in [4.69, 9.17) is 26.8 Å². The molecule has 4 nitrogen and oxygen atoms in total. The number of esters is 1. The molecule has 0 amide bonds. The van der Waals surface area contributed by atoms with Crippen molar-refractivity contribution in [3.05, 3.63) is 34.9 Å². The summed E-state index contributed by atoms with van der Waals surface area (Å²) in [5.41, 5.74) is 5.88. The summed E-state index contributed by atoms with van der Waals surface area (Å²) < 4.78 is 10.4. The first-order valence-corrected chi connectivity index (χ1v) is 6.27. The summed E-state index contributed by atoms with van der Waals surface area (Å²) >= 11 is 5.99. The molecule has 0 aliphatic carbocycles. The highest BCUT2D eigenvalue weighted by molar-refractivity contribution is 6.31. The molecule has 0 radical (unpaired) electrons. The Bertz CT molecular complexity index is 430. The van der Waals surface area contributed by atoms with E-state index in [1.807, 2.05) is 18.2 Å². The van der Waals surface area contributed by atoms with Crippen molar-refractivity contribution in [2.75, 3.05) is 13.2 Å². The Balaban J connectivity index is 1.94. The maximum absolute atomic E-state index is 12.0. The van der Waals surface area contributed by atoms with Crippen molar-refractivity contribution >= 4 is 17.6 Å². The predicted octanol–water partition coefficient (Wildman–Crippen LogP) is 1.89. The van der Waals surface area contributed by atoms with E-state index in [0.717, 1.165) is 5.56 Å². The summed E-state index contributed by atoms with van der Waals surface area (Å²) in [6.07, 6.45) is 0.989. The third-order valence-electron chi connectivity index (χ3n) is 3.11. The van der Waals surface area contributed by atoms with E-state index in [0.29, 0.717) is 31.1 Å². The molecule has 0 spiro atoms. The molecular formula is C13H16ClNO3. The van der Waals surface area contributed by atoms with Crippen molar-refractivity contribution in [2.24, 2.45) is 5.73 Å². The monoisotopic (exact) mass is 269 g/mol. The van der Waals surface area contributed by atoms with Gasteiger partial charge in [-0.25, -0.2) is 0 Å². The average Bonchev–Trinajstić information content (AvgIpc) is 2.38. The van der Waals surface area contributed by atoms with E-state index < -0.39 is 5.54 Å². The van der Waals surface area contributed by atoms with Crippen LogP contribution in [0.2, 0.25) is 5.02 Å². The van der Waals surface area contributed by atoms with Crippen molar-refractivity contribution in [1.29, 1.82) is 0 Å². The van der Waals surface area contributed by atoms with Crippen molar-refractivity contribution < 1.29 is 14.3 Å². The lowest BCUT2D eigenvalue weighted by molar-refractivity contribution is -0.155. The van der Waals surface area contributed by atoms with E-state index in [9.17, 15) is 4.79 Å². The van der Waals surface area contributed by atoms with Gasteiger partial charge in [0.05, 0.1) is 0 Å². The number of hydrogen-bond donors (Lipinski definition) is 1. The van der Waals surface area contributed by atoms with Gasteiger partial charge in [-0.15, -0.1) is 0 Å². The van der Waals surface area contributed by atoms with Crippen LogP contribution in [0.25, 0.3) is 0 Å². The fourth-order valence-corrected chi connectivity index (χ4v) is 2.03. The minimum Gasteiger partial charge on any atom is -0.459 e. The lowest BCUT2D eigenvalue weighted by Crippen LogP contribution is -2.52. The van der Waals surface area contributed by atoms with Crippen LogP contribution in [0.15, 0.2) is 24.3 Å². The Kier molecular flexibility index (Phi) is 4.22. The first-order valence-electron chi connectivity index (χ1n) is 5.89. The van der Waals surface area contributed by atoms with Crippen LogP contribution in [-0.4, -0.2) is 24.7 Å². The number of benzene rings is 1. The Hall–Kier alpha value is -1.10.